The molecule has 0 aromatic carbocycles. The van der Waals surface area contributed by atoms with E-state index in [1.54, 1.807) is 0 Å². The predicted octanol–water partition coefficient (Wildman–Crippen LogP) is 2.59. The number of ether oxygens (including phenoxy) is 2. The molecule has 1 rings (SSSR count). The zero-order valence-electron chi connectivity index (χ0n) is 12.2. The largest absolute Gasteiger partial charge is 0.464 e. The topological polar surface area (TPSA) is 55.8 Å². The van der Waals surface area contributed by atoms with Crippen LogP contribution in [0.25, 0.3) is 0 Å². The van der Waals surface area contributed by atoms with Crippen molar-refractivity contribution in [3.8, 4) is 0 Å². The van der Waals surface area contributed by atoms with Crippen LogP contribution >= 0.6 is 0 Å². The molecule has 0 radical (unpaired) electrons. The van der Waals surface area contributed by atoms with Crippen LogP contribution in [0, 0.1) is 5.92 Å². The van der Waals surface area contributed by atoms with Gasteiger partial charge in [0.05, 0.1) is 13.2 Å². The third kappa shape index (κ3) is 5.09. The SMILES string of the molecule is CCCCOC(=O)C1CCCN1C(=O)OCC(C)C. The number of esters is 1. The van der Waals surface area contributed by atoms with Crippen molar-refractivity contribution in [2.75, 3.05) is 19.8 Å². The molecule has 1 aliphatic rings. The third-order valence-electron chi connectivity index (χ3n) is 3.04. The van der Waals surface area contributed by atoms with Crippen LogP contribution in [-0.4, -0.2) is 42.8 Å². The minimum absolute atomic E-state index is 0.293. The molecule has 1 atom stereocenters. The van der Waals surface area contributed by atoms with Crippen molar-refractivity contribution < 1.29 is 19.1 Å². The Morgan fingerprint density at radius 2 is 2.05 bits per heavy atom. The van der Waals surface area contributed by atoms with E-state index in [0.29, 0.717) is 32.1 Å². The van der Waals surface area contributed by atoms with Crippen molar-refractivity contribution in [1.29, 1.82) is 0 Å². The Balaban J connectivity index is 2.44. The van der Waals surface area contributed by atoms with Crippen molar-refractivity contribution in [2.45, 2.75) is 52.5 Å². The molecule has 1 amide bonds. The van der Waals surface area contributed by atoms with E-state index in [1.165, 1.54) is 4.90 Å². The first kappa shape index (κ1) is 15.8. The van der Waals surface area contributed by atoms with E-state index in [9.17, 15) is 9.59 Å². The van der Waals surface area contributed by atoms with Crippen molar-refractivity contribution >= 4 is 12.1 Å². The van der Waals surface area contributed by atoms with E-state index in [1.807, 2.05) is 20.8 Å². The van der Waals surface area contributed by atoms with Crippen LogP contribution < -0.4 is 0 Å². The minimum atomic E-state index is -0.462. The number of carbonyl (C=O) groups excluding carboxylic acids is 2. The second kappa shape index (κ2) is 8.02. The van der Waals surface area contributed by atoms with Crippen LogP contribution in [0.5, 0.6) is 0 Å². The maximum absolute atomic E-state index is 11.9. The van der Waals surface area contributed by atoms with Gasteiger partial charge in [-0.05, 0) is 25.2 Å². The van der Waals surface area contributed by atoms with Gasteiger partial charge in [-0.15, -0.1) is 0 Å². The van der Waals surface area contributed by atoms with Gasteiger partial charge in [0.15, 0.2) is 0 Å². The molecule has 5 nitrogen and oxygen atoms in total. The molecule has 0 saturated carbocycles. The van der Waals surface area contributed by atoms with Gasteiger partial charge in [0.2, 0.25) is 0 Å². The summed E-state index contributed by atoms with van der Waals surface area (Å²) in [4.78, 5) is 25.3. The van der Waals surface area contributed by atoms with Gasteiger partial charge in [-0.2, -0.15) is 0 Å². The van der Waals surface area contributed by atoms with Crippen LogP contribution in [0.1, 0.15) is 46.5 Å². The third-order valence-corrected chi connectivity index (χ3v) is 3.04. The van der Waals surface area contributed by atoms with Gasteiger partial charge in [-0.3, -0.25) is 4.90 Å². The average Bonchev–Trinajstić information content (AvgIpc) is 2.85. The van der Waals surface area contributed by atoms with E-state index in [-0.39, 0.29) is 5.97 Å². The molecule has 0 N–H and O–H groups in total. The average molecular weight is 271 g/mol. The van der Waals surface area contributed by atoms with Crippen LogP contribution in [-0.2, 0) is 14.3 Å². The fourth-order valence-corrected chi connectivity index (χ4v) is 1.96. The standard InChI is InChI=1S/C14H25NO4/c1-4-5-9-18-13(16)12-7-6-8-15(12)14(17)19-10-11(2)3/h11-12H,4-10H2,1-3H3. The Hall–Kier alpha value is -1.26. The summed E-state index contributed by atoms with van der Waals surface area (Å²) in [7, 11) is 0. The van der Waals surface area contributed by atoms with E-state index in [0.717, 1.165) is 19.3 Å². The number of amides is 1. The summed E-state index contributed by atoms with van der Waals surface area (Å²) in [5, 5.41) is 0. The van der Waals surface area contributed by atoms with Crippen molar-refractivity contribution in [1.82, 2.24) is 4.90 Å². The summed E-state index contributed by atoms with van der Waals surface area (Å²) in [6, 6.07) is -0.462. The summed E-state index contributed by atoms with van der Waals surface area (Å²) in [6.07, 6.45) is 2.93. The van der Waals surface area contributed by atoms with Gasteiger partial charge < -0.3 is 9.47 Å². The molecule has 1 unspecified atom stereocenters. The van der Waals surface area contributed by atoms with Crippen LogP contribution in [0.4, 0.5) is 4.79 Å². The molecule has 19 heavy (non-hydrogen) atoms. The second-order valence-corrected chi connectivity index (χ2v) is 5.34. The minimum Gasteiger partial charge on any atom is -0.464 e. The molecule has 1 aliphatic heterocycles. The van der Waals surface area contributed by atoms with Crippen LogP contribution in [0.15, 0.2) is 0 Å². The number of hydrogen-bond acceptors (Lipinski definition) is 4. The van der Waals surface area contributed by atoms with Gasteiger partial charge in [0.1, 0.15) is 6.04 Å². The quantitative estimate of drug-likeness (QED) is 0.550. The molecular formula is C14H25NO4. The highest BCUT2D eigenvalue weighted by atomic mass is 16.6. The Bertz CT molecular complexity index is 304. The second-order valence-electron chi connectivity index (χ2n) is 5.34. The Morgan fingerprint density at radius 1 is 1.32 bits per heavy atom. The summed E-state index contributed by atoms with van der Waals surface area (Å²) >= 11 is 0. The Labute approximate surface area is 115 Å². The first-order valence-corrected chi connectivity index (χ1v) is 7.16. The highest BCUT2D eigenvalue weighted by Gasteiger charge is 2.36. The summed E-state index contributed by atoms with van der Waals surface area (Å²) in [6.45, 7) is 7.39. The lowest BCUT2D eigenvalue weighted by Crippen LogP contribution is -2.42. The number of likely N-dealkylation sites (tertiary alicyclic amines) is 1. The van der Waals surface area contributed by atoms with E-state index < -0.39 is 12.1 Å². The molecule has 0 spiro atoms. The highest BCUT2D eigenvalue weighted by molar-refractivity contribution is 5.82. The number of rotatable bonds is 6. The molecule has 0 bridgehead atoms. The monoisotopic (exact) mass is 271 g/mol. The zero-order valence-corrected chi connectivity index (χ0v) is 12.2. The number of hydrogen-bond donors (Lipinski definition) is 0. The fraction of sp³-hybridized carbons (Fsp3) is 0.857. The Morgan fingerprint density at radius 3 is 2.68 bits per heavy atom. The number of nitrogens with zero attached hydrogens (tertiary/aromatic N) is 1. The van der Waals surface area contributed by atoms with E-state index in [2.05, 4.69) is 0 Å². The molecule has 5 heteroatoms. The van der Waals surface area contributed by atoms with Gasteiger partial charge in [-0.25, -0.2) is 9.59 Å². The normalized spacial score (nSPS) is 18.7. The van der Waals surface area contributed by atoms with Crippen molar-refractivity contribution in [3.05, 3.63) is 0 Å². The molecular weight excluding hydrogens is 246 g/mol. The first-order valence-electron chi connectivity index (χ1n) is 7.16. The van der Waals surface area contributed by atoms with Gasteiger partial charge in [0, 0.05) is 6.54 Å². The molecule has 1 fully saturated rings. The number of unbranched alkanes of at least 4 members (excludes halogenated alkanes) is 1. The van der Waals surface area contributed by atoms with Crippen LogP contribution in [0.2, 0.25) is 0 Å². The number of carbonyl (C=O) groups is 2. The molecule has 0 aromatic heterocycles. The molecule has 1 saturated heterocycles. The van der Waals surface area contributed by atoms with Gasteiger partial charge in [0.25, 0.3) is 0 Å². The Kier molecular flexibility index (Phi) is 6.67. The lowest BCUT2D eigenvalue weighted by molar-refractivity contribution is -0.148. The lowest BCUT2D eigenvalue weighted by atomic mass is 10.2. The van der Waals surface area contributed by atoms with Crippen LogP contribution in [0.3, 0.4) is 0 Å². The van der Waals surface area contributed by atoms with Gasteiger partial charge >= 0.3 is 12.1 Å². The molecule has 0 aliphatic carbocycles. The predicted molar refractivity (Wildman–Crippen MR) is 71.8 cm³/mol. The fourth-order valence-electron chi connectivity index (χ4n) is 1.96. The highest BCUT2D eigenvalue weighted by Crippen LogP contribution is 2.20. The molecule has 0 aromatic rings. The zero-order chi connectivity index (χ0) is 14.3. The molecule has 1 heterocycles. The summed E-state index contributed by atoms with van der Waals surface area (Å²) < 4.78 is 10.4. The lowest BCUT2D eigenvalue weighted by Gasteiger charge is -2.23. The maximum Gasteiger partial charge on any atom is 0.410 e. The first-order chi connectivity index (χ1) is 9.06. The summed E-state index contributed by atoms with van der Waals surface area (Å²) in [5.41, 5.74) is 0. The smallest absolute Gasteiger partial charge is 0.410 e. The van der Waals surface area contributed by atoms with Gasteiger partial charge in [-0.1, -0.05) is 27.2 Å². The summed E-state index contributed by atoms with van der Waals surface area (Å²) in [5.74, 6) is -0.00560. The van der Waals surface area contributed by atoms with E-state index in [4.69, 9.17) is 9.47 Å². The van der Waals surface area contributed by atoms with Crippen molar-refractivity contribution in [2.24, 2.45) is 5.92 Å². The maximum atomic E-state index is 11.9. The van der Waals surface area contributed by atoms with Crippen molar-refractivity contribution in [3.63, 3.8) is 0 Å². The van der Waals surface area contributed by atoms with E-state index >= 15 is 0 Å². The molecule has 110 valence electrons.